The zero-order valence-electron chi connectivity index (χ0n) is 12.6. The molecule has 0 aliphatic heterocycles. The molecule has 1 saturated carbocycles. The fourth-order valence-electron chi connectivity index (χ4n) is 2.49. The molecule has 1 aliphatic carbocycles. The number of nitrogens with one attached hydrogen (secondary N) is 1. The minimum atomic E-state index is 0.103. The number of amides is 1. The minimum absolute atomic E-state index is 0.103. The van der Waals surface area contributed by atoms with Crippen molar-refractivity contribution in [1.82, 2.24) is 9.88 Å². The second-order valence-corrected chi connectivity index (χ2v) is 5.49. The molecule has 1 N–H and O–H groups in total. The molecule has 0 aromatic carbocycles. The molecule has 0 bridgehead atoms. The van der Waals surface area contributed by atoms with Crippen molar-refractivity contribution in [2.45, 2.75) is 39.5 Å². The Labute approximate surface area is 121 Å². The van der Waals surface area contributed by atoms with E-state index in [1.165, 1.54) is 19.3 Å². The van der Waals surface area contributed by atoms with Crippen molar-refractivity contribution in [2.75, 3.05) is 25.0 Å². The fraction of sp³-hybridized carbons (Fsp3) is 0.625. The van der Waals surface area contributed by atoms with Crippen molar-refractivity contribution < 1.29 is 4.79 Å². The normalized spacial score (nSPS) is 14.7. The van der Waals surface area contributed by atoms with E-state index in [2.05, 4.69) is 17.2 Å². The van der Waals surface area contributed by atoms with Gasteiger partial charge in [-0.1, -0.05) is 13.3 Å². The van der Waals surface area contributed by atoms with Crippen LogP contribution in [0, 0.1) is 5.92 Å². The van der Waals surface area contributed by atoms with Gasteiger partial charge in [0, 0.05) is 32.0 Å². The van der Waals surface area contributed by atoms with Crippen molar-refractivity contribution in [1.29, 1.82) is 0 Å². The first-order valence-electron chi connectivity index (χ1n) is 7.73. The van der Waals surface area contributed by atoms with E-state index in [9.17, 15) is 4.79 Å². The molecular weight excluding hydrogens is 250 g/mol. The number of pyridine rings is 1. The third kappa shape index (κ3) is 3.50. The molecule has 0 unspecified atom stereocenters. The summed E-state index contributed by atoms with van der Waals surface area (Å²) in [6.07, 6.45) is 8.29. The smallest absolute Gasteiger partial charge is 0.257 e. The summed E-state index contributed by atoms with van der Waals surface area (Å²) in [6, 6.07) is 1.89. The van der Waals surface area contributed by atoms with Crippen LogP contribution in [-0.4, -0.2) is 35.4 Å². The number of anilines is 1. The van der Waals surface area contributed by atoms with Crippen molar-refractivity contribution >= 4 is 11.6 Å². The van der Waals surface area contributed by atoms with Crippen LogP contribution in [-0.2, 0) is 0 Å². The summed E-state index contributed by atoms with van der Waals surface area (Å²) in [5.74, 6) is 0.800. The predicted molar refractivity (Wildman–Crippen MR) is 81.9 cm³/mol. The molecule has 0 atom stereocenters. The highest BCUT2D eigenvalue weighted by Crippen LogP contribution is 2.28. The Balaban J connectivity index is 2.09. The SMILES string of the molecule is CCCNc1ccncc1C(=O)N(CC)CC1CCC1. The lowest BCUT2D eigenvalue weighted by Gasteiger charge is -2.32. The number of aromatic nitrogens is 1. The number of carbonyl (C=O) groups excluding carboxylic acids is 1. The van der Waals surface area contributed by atoms with Gasteiger partial charge < -0.3 is 10.2 Å². The number of carbonyl (C=O) groups is 1. The van der Waals surface area contributed by atoms with E-state index in [-0.39, 0.29) is 5.91 Å². The largest absolute Gasteiger partial charge is 0.384 e. The fourth-order valence-corrected chi connectivity index (χ4v) is 2.49. The topological polar surface area (TPSA) is 45.2 Å². The number of hydrogen-bond donors (Lipinski definition) is 1. The van der Waals surface area contributed by atoms with Gasteiger partial charge in [0.15, 0.2) is 0 Å². The van der Waals surface area contributed by atoms with Crippen molar-refractivity contribution in [3.63, 3.8) is 0 Å². The molecule has 1 heterocycles. The number of rotatable bonds is 7. The van der Waals surface area contributed by atoms with E-state index < -0.39 is 0 Å². The van der Waals surface area contributed by atoms with E-state index in [4.69, 9.17) is 0 Å². The van der Waals surface area contributed by atoms with Crippen LogP contribution in [0.5, 0.6) is 0 Å². The van der Waals surface area contributed by atoms with Gasteiger partial charge in [-0.05, 0) is 38.2 Å². The molecule has 110 valence electrons. The van der Waals surface area contributed by atoms with Gasteiger partial charge >= 0.3 is 0 Å². The van der Waals surface area contributed by atoms with Crippen LogP contribution in [0.4, 0.5) is 5.69 Å². The summed E-state index contributed by atoms with van der Waals surface area (Å²) in [7, 11) is 0. The monoisotopic (exact) mass is 275 g/mol. The van der Waals surface area contributed by atoms with Crippen molar-refractivity contribution in [3.05, 3.63) is 24.0 Å². The summed E-state index contributed by atoms with van der Waals surface area (Å²) in [5, 5.41) is 3.32. The summed E-state index contributed by atoms with van der Waals surface area (Å²) in [4.78, 5) is 18.8. The average Bonchev–Trinajstić information content (AvgIpc) is 2.44. The number of nitrogens with zero attached hydrogens (tertiary/aromatic N) is 2. The lowest BCUT2D eigenvalue weighted by atomic mass is 9.85. The van der Waals surface area contributed by atoms with Crippen LogP contribution in [0.15, 0.2) is 18.5 Å². The zero-order valence-corrected chi connectivity index (χ0v) is 12.6. The predicted octanol–water partition coefficient (Wildman–Crippen LogP) is 3.17. The molecule has 0 saturated heterocycles. The molecule has 0 spiro atoms. The lowest BCUT2D eigenvalue weighted by Crippen LogP contribution is -2.37. The van der Waals surface area contributed by atoms with E-state index in [1.807, 2.05) is 17.9 Å². The van der Waals surface area contributed by atoms with Crippen molar-refractivity contribution in [3.8, 4) is 0 Å². The molecule has 0 radical (unpaired) electrons. The summed E-state index contributed by atoms with van der Waals surface area (Å²) >= 11 is 0. The average molecular weight is 275 g/mol. The summed E-state index contributed by atoms with van der Waals surface area (Å²) in [6.45, 7) is 6.69. The third-order valence-electron chi connectivity index (χ3n) is 3.99. The molecule has 1 amide bonds. The van der Waals surface area contributed by atoms with Crippen molar-refractivity contribution in [2.24, 2.45) is 5.92 Å². The Morgan fingerprint density at radius 1 is 1.45 bits per heavy atom. The van der Waals surface area contributed by atoms with Gasteiger partial charge in [-0.3, -0.25) is 9.78 Å². The number of hydrogen-bond acceptors (Lipinski definition) is 3. The van der Waals surface area contributed by atoms with Gasteiger partial charge in [-0.2, -0.15) is 0 Å². The van der Waals surface area contributed by atoms with E-state index in [1.54, 1.807) is 12.4 Å². The first kappa shape index (κ1) is 14.8. The second kappa shape index (κ2) is 7.27. The van der Waals surface area contributed by atoms with Crippen LogP contribution in [0.3, 0.4) is 0 Å². The lowest BCUT2D eigenvalue weighted by molar-refractivity contribution is 0.0707. The molecule has 1 fully saturated rings. The minimum Gasteiger partial charge on any atom is -0.384 e. The van der Waals surface area contributed by atoms with Gasteiger partial charge in [0.25, 0.3) is 5.91 Å². The van der Waals surface area contributed by atoms with Crippen LogP contribution < -0.4 is 5.32 Å². The molecule has 20 heavy (non-hydrogen) atoms. The summed E-state index contributed by atoms with van der Waals surface area (Å²) < 4.78 is 0. The van der Waals surface area contributed by atoms with Crippen LogP contribution in [0.1, 0.15) is 49.9 Å². The van der Waals surface area contributed by atoms with Crippen LogP contribution in [0.25, 0.3) is 0 Å². The standard InChI is InChI=1S/C16H25N3O/c1-3-9-18-15-8-10-17-11-14(15)16(20)19(4-2)12-13-6-5-7-13/h8,10-11,13H,3-7,9,12H2,1-2H3,(H,17,18). The molecule has 4 heteroatoms. The first-order chi connectivity index (χ1) is 9.76. The Hall–Kier alpha value is -1.58. The second-order valence-electron chi connectivity index (χ2n) is 5.49. The van der Waals surface area contributed by atoms with Crippen LogP contribution >= 0.6 is 0 Å². The Bertz CT molecular complexity index is 443. The van der Waals surface area contributed by atoms with E-state index in [0.717, 1.165) is 31.7 Å². The Morgan fingerprint density at radius 3 is 2.85 bits per heavy atom. The van der Waals surface area contributed by atoms with Gasteiger partial charge in [0.2, 0.25) is 0 Å². The molecule has 2 rings (SSSR count). The van der Waals surface area contributed by atoms with Gasteiger partial charge in [0.05, 0.1) is 11.3 Å². The first-order valence-corrected chi connectivity index (χ1v) is 7.73. The highest BCUT2D eigenvalue weighted by Gasteiger charge is 2.24. The molecule has 1 aromatic rings. The Morgan fingerprint density at radius 2 is 2.25 bits per heavy atom. The van der Waals surface area contributed by atoms with Crippen LogP contribution in [0.2, 0.25) is 0 Å². The summed E-state index contributed by atoms with van der Waals surface area (Å²) in [5.41, 5.74) is 1.60. The maximum Gasteiger partial charge on any atom is 0.257 e. The molecular formula is C16H25N3O. The Kier molecular flexibility index (Phi) is 5.39. The highest BCUT2D eigenvalue weighted by atomic mass is 16.2. The van der Waals surface area contributed by atoms with E-state index >= 15 is 0 Å². The van der Waals surface area contributed by atoms with E-state index in [0.29, 0.717) is 11.5 Å². The van der Waals surface area contributed by atoms with Gasteiger partial charge in [-0.15, -0.1) is 0 Å². The quantitative estimate of drug-likeness (QED) is 0.831. The zero-order chi connectivity index (χ0) is 14.4. The highest BCUT2D eigenvalue weighted by molar-refractivity contribution is 5.99. The maximum absolute atomic E-state index is 12.7. The molecule has 4 nitrogen and oxygen atoms in total. The maximum atomic E-state index is 12.7. The van der Waals surface area contributed by atoms with Gasteiger partial charge in [0.1, 0.15) is 0 Å². The molecule has 1 aromatic heterocycles. The van der Waals surface area contributed by atoms with Gasteiger partial charge in [-0.25, -0.2) is 0 Å². The third-order valence-corrected chi connectivity index (χ3v) is 3.99. The molecule has 1 aliphatic rings.